The molecule has 4 atom stereocenters. The van der Waals surface area contributed by atoms with Crippen molar-refractivity contribution in [1.82, 2.24) is 4.57 Å². The number of carboxylic acids is 1. The van der Waals surface area contributed by atoms with Gasteiger partial charge in [0.05, 0.1) is 0 Å². The Kier molecular flexibility index (Phi) is 5.73. The third-order valence-corrected chi connectivity index (χ3v) is 5.61. The Bertz CT molecular complexity index is 566. The van der Waals surface area contributed by atoms with Gasteiger partial charge in [-0.3, -0.25) is 0 Å². The van der Waals surface area contributed by atoms with E-state index in [0.29, 0.717) is 5.92 Å². The van der Waals surface area contributed by atoms with Crippen molar-refractivity contribution in [2.24, 2.45) is 17.3 Å². The maximum absolute atomic E-state index is 12.6. The normalized spacial score (nSPS) is 28.5. The molecule has 1 fully saturated rings. The monoisotopic (exact) mass is 335 g/mol. The lowest BCUT2D eigenvalue weighted by Crippen LogP contribution is -2.42. The minimum atomic E-state index is -1.32. The van der Waals surface area contributed by atoms with E-state index in [-0.39, 0.29) is 17.4 Å². The van der Waals surface area contributed by atoms with E-state index in [4.69, 9.17) is 4.74 Å². The molecule has 0 saturated heterocycles. The summed E-state index contributed by atoms with van der Waals surface area (Å²) < 4.78 is 7.15. The summed E-state index contributed by atoms with van der Waals surface area (Å²) in [6.45, 7) is 8.67. The van der Waals surface area contributed by atoms with Gasteiger partial charge in [0.2, 0.25) is 6.04 Å². The number of aromatic nitrogens is 1. The first-order chi connectivity index (χ1) is 11.3. The lowest BCUT2D eigenvalue weighted by molar-refractivity contribution is -0.168. The van der Waals surface area contributed by atoms with E-state index in [1.165, 1.54) is 4.57 Å². The highest BCUT2D eigenvalue weighted by Gasteiger charge is 2.41. The number of hydrogen-bond acceptors (Lipinski definition) is 3. The highest BCUT2D eigenvalue weighted by Crippen LogP contribution is 2.44. The van der Waals surface area contributed by atoms with Crippen LogP contribution in [0.3, 0.4) is 0 Å². The predicted octanol–water partition coefficient (Wildman–Crippen LogP) is 3.90. The molecule has 0 spiro atoms. The Morgan fingerprint density at radius 3 is 2.46 bits per heavy atom. The highest BCUT2D eigenvalue weighted by atomic mass is 16.5. The van der Waals surface area contributed by atoms with Crippen molar-refractivity contribution in [1.29, 1.82) is 0 Å². The number of esters is 1. The largest absolute Gasteiger partial charge is 0.479 e. The molecule has 2 rings (SSSR count). The second-order valence-corrected chi connectivity index (χ2v) is 7.66. The number of carbonyl (C=O) groups is 2. The summed E-state index contributed by atoms with van der Waals surface area (Å²) in [7, 11) is 0. The molecule has 1 aliphatic rings. The summed E-state index contributed by atoms with van der Waals surface area (Å²) >= 11 is 0. The average molecular weight is 335 g/mol. The van der Waals surface area contributed by atoms with Crippen LogP contribution in [0.5, 0.6) is 0 Å². The van der Waals surface area contributed by atoms with E-state index in [1.807, 2.05) is 0 Å². The number of nitrogens with zero attached hydrogens (tertiary/aromatic N) is 1. The fourth-order valence-electron chi connectivity index (χ4n) is 3.74. The second-order valence-electron chi connectivity index (χ2n) is 7.66. The van der Waals surface area contributed by atoms with Gasteiger partial charge in [0, 0.05) is 12.4 Å². The Labute approximate surface area is 144 Å². The lowest BCUT2D eigenvalue weighted by atomic mass is 9.66. The van der Waals surface area contributed by atoms with Gasteiger partial charge in [0.1, 0.15) is 6.10 Å². The van der Waals surface area contributed by atoms with Crippen molar-refractivity contribution < 1.29 is 19.4 Å². The number of hydrogen-bond donors (Lipinski definition) is 1. The van der Waals surface area contributed by atoms with Crippen LogP contribution < -0.4 is 0 Å². The topological polar surface area (TPSA) is 68.5 Å². The summed E-state index contributed by atoms with van der Waals surface area (Å²) in [5.41, 5.74) is 0.155. The maximum atomic E-state index is 12.6. The Morgan fingerprint density at radius 2 is 1.96 bits per heavy atom. The van der Waals surface area contributed by atoms with Gasteiger partial charge in [-0.2, -0.15) is 0 Å². The average Bonchev–Trinajstić information content (AvgIpc) is 3.00. The summed E-state index contributed by atoms with van der Waals surface area (Å²) in [6, 6.07) is 2.09. The zero-order valence-electron chi connectivity index (χ0n) is 15.1. The van der Waals surface area contributed by atoms with Crippen LogP contribution in [0.2, 0.25) is 0 Å². The molecule has 0 aliphatic heterocycles. The molecule has 0 radical (unpaired) electrons. The fourth-order valence-corrected chi connectivity index (χ4v) is 3.74. The minimum absolute atomic E-state index is 0.155. The molecule has 4 unspecified atom stereocenters. The molecular formula is C19H29NO4. The Morgan fingerprint density at radius 1 is 1.33 bits per heavy atom. The Hall–Kier alpha value is -1.78. The van der Waals surface area contributed by atoms with Gasteiger partial charge in [-0.05, 0) is 48.6 Å². The molecule has 0 bridgehead atoms. The van der Waals surface area contributed by atoms with Crippen LogP contribution in [0.4, 0.5) is 0 Å². The van der Waals surface area contributed by atoms with Crippen LogP contribution in [0, 0.1) is 17.3 Å². The zero-order chi connectivity index (χ0) is 17.9. The number of rotatable bonds is 6. The number of ether oxygens (including phenoxy) is 1. The van der Waals surface area contributed by atoms with E-state index in [9.17, 15) is 14.7 Å². The van der Waals surface area contributed by atoms with Crippen LogP contribution >= 0.6 is 0 Å². The van der Waals surface area contributed by atoms with Gasteiger partial charge in [0.15, 0.2) is 0 Å². The maximum Gasteiger partial charge on any atom is 0.341 e. The first-order valence-electron chi connectivity index (χ1n) is 8.83. The third-order valence-electron chi connectivity index (χ3n) is 5.61. The van der Waals surface area contributed by atoms with Crippen LogP contribution in [0.15, 0.2) is 24.5 Å². The molecule has 0 aromatic carbocycles. The van der Waals surface area contributed by atoms with Crippen LogP contribution in [-0.2, 0) is 14.3 Å². The molecule has 1 N–H and O–H groups in total. The molecule has 5 nitrogen and oxygen atoms in total. The standard InChI is InChI=1S/C19H29NO4/c1-5-19(4)9-8-14(13(2)3)15(12-19)24-18(23)16(17(21)22)20-10-6-7-11-20/h6-7,10-11,13-16H,5,8-9,12H2,1-4H3,(H,21,22). The van der Waals surface area contributed by atoms with Gasteiger partial charge < -0.3 is 14.4 Å². The fraction of sp³-hybridized carbons (Fsp3) is 0.684. The molecule has 1 saturated carbocycles. The molecule has 0 amide bonds. The van der Waals surface area contributed by atoms with Gasteiger partial charge >= 0.3 is 11.9 Å². The molecule has 1 aromatic rings. The third kappa shape index (κ3) is 4.00. The van der Waals surface area contributed by atoms with Gasteiger partial charge in [0.25, 0.3) is 0 Å². The summed E-state index contributed by atoms with van der Waals surface area (Å²) in [5, 5.41) is 9.45. The van der Waals surface area contributed by atoms with Gasteiger partial charge in [-0.1, -0.05) is 34.1 Å². The molecular weight excluding hydrogens is 306 g/mol. The van der Waals surface area contributed by atoms with E-state index in [2.05, 4.69) is 27.7 Å². The minimum Gasteiger partial charge on any atom is -0.479 e. The summed E-state index contributed by atoms with van der Waals surface area (Å²) in [6.07, 6.45) is 6.92. The molecule has 24 heavy (non-hydrogen) atoms. The number of aliphatic carboxylic acids is 1. The molecule has 1 heterocycles. The van der Waals surface area contributed by atoms with Gasteiger partial charge in [-0.25, -0.2) is 9.59 Å². The first kappa shape index (κ1) is 18.6. The molecule has 134 valence electrons. The van der Waals surface area contributed by atoms with Crippen molar-refractivity contribution in [3.63, 3.8) is 0 Å². The SMILES string of the molecule is CCC1(C)CCC(C(C)C)C(OC(=O)C(C(=O)O)n2cccc2)C1. The quantitative estimate of drug-likeness (QED) is 0.632. The smallest absolute Gasteiger partial charge is 0.341 e. The van der Waals surface area contributed by atoms with Crippen molar-refractivity contribution in [3.8, 4) is 0 Å². The van der Waals surface area contributed by atoms with E-state index >= 15 is 0 Å². The predicted molar refractivity (Wildman–Crippen MR) is 91.6 cm³/mol. The van der Waals surface area contributed by atoms with Crippen molar-refractivity contribution in [3.05, 3.63) is 24.5 Å². The van der Waals surface area contributed by atoms with Crippen LogP contribution in [-0.4, -0.2) is 27.7 Å². The van der Waals surface area contributed by atoms with Crippen molar-refractivity contribution in [2.45, 2.75) is 65.5 Å². The molecule has 5 heteroatoms. The highest BCUT2D eigenvalue weighted by molar-refractivity contribution is 5.96. The summed E-state index contributed by atoms with van der Waals surface area (Å²) in [5.74, 6) is -1.17. The summed E-state index contributed by atoms with van der Waals surface area (Å²) in [4.78, 5) is 24.2. The van der Waals surface area contributed by atoms with Crippen molar-refractivity contribution >= 4 is 11.9 Å². The van der Waals surface area contributed by atoms with Crippen molar-refractivity contribution in [2.75, 3.05) is 0 Å². The lowest BCUT2D eigenvalue weighted by Gasteiger charge is -2.43. The van der Waals surface area contributed by atoms with Crippen LogP contribution in [0.1, 0.15) is 59.4 Å². The van der Waals surface area contributed by atoms with Gasteiger partial charge in [-0.15, -0.1) is 0 Å². The molecule has 1 aromatic heterocycles. The van der Waals surface area contributed by atoms with E-state index in [1.54, 1.807) is 24.5 Å². The number of carbonyl (C=O) groups excluding carboxylic acids is 1. The zero-order valence-corrected chi connectivity index (χ0v) is 15.1. The molecule has 1 aliphatic carbocycles. The number of carboxylic acid groups (broad SMARTS) is 1. The van der Waals surface area contributed by atoms with E-state index in [0.717, 1.165) is 25.7 Å². The first-order valence-corrected chi connectivity index (χ1v) is 8.83. The Balaban J connectivity index is 2.18. The van der Waals surface area contributed by atoms with Crippen LogP contribution in [0.25, 0.3) is 0 Å². The van der Waals surface area contributed by atoms with E-state index < -0.39 is 18.0 Å². The second kappa shape index (κ2) is 7.41.